The lowest BCUT2D eigenvalue weighted by atomic mass is 10.0. The molecule has 4 rings (SSSR count). The quantitative estimate of drug-likeness (QED) is 0.505. The maximum Gasteiger partial charge on any atom is 0.338 e. The van der Waals surface area contributed by atoms with Gasteiger partial charge in [-0.25, -0.2) is 13.2 Å². The highest BCUT2D eigenvalue weighted by molar-refractivity contribution is 7.89. The molecule has 1 aliphatic rings. The van der Waals surface area contributed by atoms with Crippen LogP contribution >= 0.6 is 0 Å². The maximum atomic E-state index is 13.3. The Morgan fingerprint density at radius 1 is 0.941 bits per heavy atom. The number of likely N-dealkylation sites (N-methyl/N-ethyl adjacent to an activating group) is 1. The predicted molar refractivity (Wildman–Crippen MR) is 129 cm³/mol. The highest BCUT2D eigenvalue weighted by atomic mass is 32.2. The van der Waals surface area contributed by atoms with Gasteiger partial charge in [0.1, 0.15) is 0 Å². The van der Waals surface area contributed by atoms with Gasteiger partial charge in [0.2, 0.25) is 10.0 Å². The predicted octanol–water partition coefficient (Wildman–Crippen LogP) is 3.64. The zero-order valence-corrected chi connectivity index (χ0v) is 19.9. The second-order valence-electron chi connectivity index (χ2n) is 8.17. The summed E-state index contributed by atoms with van der Waals surface area (Å²) in [4.78, 5) is 26.9. The summed E-state index contributed by atoms with van der Waals surface area (Å²) in [5, 5.41) is 0. The van der Waals surface area contributed by atoms with Crippen molar-refractivity contribution >= 4 is 27.6 Å². The first-order valence-electron chi connectivity index (χ1n) is 11.0. The fourth-order valence-corrected chi connectivity index (χ4v) is 5.40. The van der Waals surface area contributed by atoms with E-state index >= 15 is 0 Å². The number of hydrogen-bond acceptors (Lipinski definition) is 5. The second-order valence-corrected chi connectivity index (χ2v) is 10.1. The SMILES string of the molecule is CC(OC(=O)c1cccc(S(=O)(=O)N2CCc3ccccc3C2)c1)C(=O)N(C)c1ccccc1. The Kier molecular flexibility index (Phi) is 6.81. The Balaban J connectivity index is 1.47. The second kappa shape index (κ2) is 9.79. The van der Waals surface area contributed by atoms with Crippen molar-refractivity contribution in [3.05, 3.63) is 95.6 Å². The fraction of sp³-hybridized carbons (Fsp3) is 0.231. The van der Waals surface area contributed by atoms with Crippen molar-refractivity contribution in [2.45, 2.75) is 30.9 Å². The number of hydrogen-bond donors (Lipinski definition) is 0. The van der Waals surface area contributed by atoms with Crippen LogP contribution in [-0.4, -0.2) is 44.3 Å². The van der Waals surface area contributed by atoms with E-state index in [0.717, 1.165) is 11.1 Å². The number of carbonyl (C=O) groups excluding carboxylic acids is 2. The molecule has 3 aromatic carbocycles. The van der Waals surface area contributed by atoms with Crippen LogP contribution in [0.2, 0.25) is 0 Å². The number of rotatable bonds is 6. The maximum absolute atomic E-state index is 13.3. The summed E-state index contributed by atoms with van der Waals surface area (Å²) in [5.41, 5.74) is 2.86. The van der Waals surface area contributed by atoms with Crippen molar-refractivity contribution in [1.82, 2.24) is 4.31 Å². The van der Waals surface area contributed by atoms with E-state index in [2.05, 4.69) is 0 Å². The van der Waals surface area contributed by atoms with Gasteiger partial charge < -0.3 is 9.64 Å². The van der Waals surface area contributed by atoms with Crippen LogP contribution in [0.3, 0.4) is 0 Å². The van der Waals surface area contributed by atoms with Gasteiger partial charge in [0.15, 0.2) is 6.10 Å². The van der Waals surface area contributed by atoms with Crippen molar-refractivity contribution < 1.29 is 22.7 Å². The molecule has 3 aromatic rings. The first kappa shape index (κ1) is 23.7. The number of para-hydroxylation sites is 1. The van der Waals surface area contributed by atoms with E-state index < -0.39 is 28.0 Å². The average molecular weight is 479 g/mol. The van der Waals surface area contributed by atoms with Gasteiger partial charge in [-0.15, -0.1) is 0 Å². The molecule has 7 nitrogen and oxygen atoms in total. The Bertz CT molecular complexity index is 1310. The van der Waals surface area contributed by atoms with Crippen LogP contribution < -0.4 is 4.90 Å². The van der Waals surface area contributed by atoms with Crippen LogP contribution in [0.1, 0.15) is 28.4 Å². The molecule has 0 bridgehead atoms. The lowest BCUT2D eigenvalue weighted by Crippen LogP contribution is -2.37. The number of carbonyl (C=O) groups is 2. The third-order valence-electron chi connectivity index (χ3n) is 5.91. The lowest BCUT2D eigenvalue weighted by Gasteiger charge is -2.28. The number of ether oxygens (including phenoxy) is 1. The Hall–Kier alpha value is -3.49. The van der Waals surface area contributed by atoms with Crippen molar-refractivity contribution in [1.29, 1.82) is 0 Å². The minimum absolute atomic E-state index is 0.0155. The number of nitrogens with zero attached hydrogens (tertiary/aromatic N) is 2. The topological polar surface area (TPSA) is 84.0 Å². The van der Waals surface area contributed by atoms with Crippen LogP contribution in [0, 0.1) is 0 Å². The van der Waals surface area contributed by atoms with Crippen molar-refractivity contribution in [3.63, 3.8) is 0 Å². The average Bonchev–Trinajstić information content (AvgIpc) is 2.88. The molecular formula is C26H26N2O5S. The van der Waals surface area contributed by atoms with Gasteiger partial charge in [-0.3, -0.25) is 4.79 Å². The van der Waals surface area contributed by atoms with Gasteiger partial charge in [0.25, 0.3) is 5.91 Å². The minimum atomic E-state index is -3.80. The van der Waals surface area contributed by atoms with Crippen LogP contribution in [0.25, 0.3) is 0 Å². The monoisotopic (exact) mass is 478 g/mol. The molecule has 0 fully saturated rings. The summed E-state index contributed by atoms with van der Waals surface area (Å²) in [6.45, 7) is 2.14. The zero-order chi connectivity index (χ0) is 24.3. The highest BCUT2D eigenvalue weighted by Crippen LogP contribution is 2.25. The molecule has 8 heteroatoms. The number of fused-ring (bicyclic) bond motifs is 1. The van der Waals surface area contributed by atoms with Crippen molar-refractivity contribution in [2.75, 3.05) is 18.5 Å². The molecule has 1 amide bonds. The molecule has 1 aliphatic heterocycles. The molecule has 0 aliphatic carbocycles. The van der Waals surface area contributed by atoms with Gasteiger partial charge >= 0.3 is 5.97 Å². The first-order chi connectivity index (χ1) is 16.3. The van der Waals surface area contributed by atoms with E-state index in [9.17, 15) is 18.0 Å². The molecule has 0 saturated carbocycles. The summed E-state index contributed by atoms with van der Waals surface area (Å²) in [6, 6.07) is 22.5. The molecule has 1 heterocycles. The molecule has 1 atom stereocenters. The third-order valence-corrected chi connectivity index (χ3v) is 7.75. The van der Waals surface area contributed by atoms with Crippen LogP contribution in [0.5, 0.6) is 0 Å². The fourth-order valence-electron chi connectivity index (χ4n) is 3.94. The standard InChI is InChI=1S/C26H26N2O5S/c1-19(25(29)27(2)23-12-4-3-5-13-23)33-26(30)21-11-8-14-24(17-21)34(31,32)28-16-15-20-9-6-7-10-22(20)18-28/h3-14,17,19H,15-16,18H2,1-2H3. The Morgan fingerprint density at radius 2 is 1.62 bits per heavy atom. The van der Waals surface area contributed by atoms with E-state index in [4.69, 9.17) is 4.74 Å². The molecule has 1 unspecified atom stereocenters. The smallest absolute Gasteiger partial charge is 0.338 e. The summed E-state index contributed by atoms with van der Waals surface area (Å²) in [5.74, 6) is -1.15. The zero-order valence-electron chi connectivity index (χ0n) is 19.0. The highest BCUT2D eigenvalue weighted by Gasteiger charge is 2.29. The summed E-state index contributed by atoms with van der Waals surface area (Å²) in [6.07, 6.45) is -0.414. The summed E-state index contributed by atoms with van der Waals surface area (Å²) in [7, 11) is -2.20. The molecule has 0 saturated heterocycles. The van der Waals surface area contributed by atoms with E-state index in [1.54, 1.807) is 19.2 Å². The summed E-state index contributed by atoms with van der Waals surface area (Å²) < 4.78 is 33.3. The van der Waals surface area contributed by atoms with Gasteiger partial charge in [-0.05, 0) is 54.8 Å². The van der Waals surface area contributed by atoms with Gasteiger partial charge in [0, 0.05) is 25.8 Å². The molecular weight excluding hydrogens is 452 g/mol. The van der Waals surface area contributed by atoms with E-state index in [1.807, 2.05) is 42.5 Å². The van der Waals surface area contributed by atoms with Crippen molar-refractivity contribution in [3.8, 4) is 0 Å². The number of benzene rings is 3. The lowest BCUT2D eigenvalue weighted by molar-refractivity contribution is -0.126. The first-order valence-corrected chi connectivity index (χ1v) is 12.4. The Morgan fingerprint density at radius 3 is 2.35 bits per heavy atom. The van der Waals surface area contributed by atoms with Gasteiger partial charge in [-0.1, -0.05) is 48.5 Å². The molecule has 0 radical (unpaired) electrons. The van der Waals surface area contributed by atoms with Crippen LogP contribution in [-0.2, 0) is 32.5 Å². The van der Waals surface area contributed by atoms with Gasteiger partial charge in [0.05, 0.1) is 10.5 Å². The van der Waals surface area contributed by atoms with E-state index in [1.165, 1.54) is 40.4 Å². The number of amides is 1. The third kappa shape index (κ3) is 4.88. The summed E-state index contributed by atoms with van der Waals surface area (Å²) >= 11 is 0. The molecule has 176 valence electrons. The Labute approximate surface area is 199 Å². The number of sulfonamides is 1. The van der Waals surface area contributed by atoms with Gasteiger partial charge in [-0.2, -0.15) is 4.31 Å². The molecule has 34 heavy (non-hydrogen) atoms. The van der Waals surface area contributed by atoms with Crippen molar-refractivity contribution in [2.24, 2.45) is 0 Å². The normalized spacial score (nSPS) is 14.6. The van der Waals surface area contributed by atoms with E-state index in [0.29, 0.717) is 18.7 Å². The molecule has 0 N–H and O–H groups in total. The number of esters is 1. The minimum Gasteiger partial charge on any atom is -0.449 e. The van der Waals surface area contributed by atoms with E-state index in [-0.39, 0.29) is 17.0 Å². The van der Waals surface area contributed by atoms with Crippen LogP contribution in [0.4, 0.5) is 5.69 Å². The van der Waals surface area contributed by atoms with Crippen LogP contribution in [0.15, 0.2) is 83.8 Å². The largest absolute Gasteiger partial charge is 0.449 e. The molecule has 0 spiro atoms. The molecule has 0 aromatic heterocycles. The number of anilines is 1.